The van der Waals surface area contributed by atoms with E-state index in [1.807, 2.05) is 12.1 Å². The molecule has 2 aromatic rings. The zero-order valence-electron chi connectivity index (χ0n) is 10.7. The van der Waals surface area contributed by atoms with E-state index in [0.29, 0.717) is 18.9 Å². The smallest absolute Gasteiger partial charge is 0.262 e. The summed E-state index contributed by atoms with van der Waals surface area (Å²) in [7, 11) is -1.77. The van der Waals surface area contributed by atoms with Crippen LogP contribution in [0.15, 0.2) is 29.6 Å². The molecular formula is C12H14N4O2S. The summed E-state index contributed by atoms with van der Waals surface area (Å²) in [4.78, 5) is 8.31. The number of imidazole rings is 1. The van der Waals surface area contributed by atoms with Crippen molar-refractivity contribution in [2.45, 2.75) is 25.0 Å². The average Bonchev–Trinajstić information content (AvgIpc) is 2.94. The number of aryl methyl sites for hydroxylation is 2. The first-order valence-corrected chi connectivity index (χ1v) is 7.35. The Balaban J connectivity index is 1.96. The molecule has 0 radical (unpaired) electrons. The zero-order valence-corrected chi connectivity index (χ0v) is 11.6. The predicted octanol–water partition coefficient (Wildman–Crippen LogP) is 0.828. The second-order valence-corrected chi connectivity index (χ2v) is 6.50. The van der Waals surface area contributed by atoms with Crippen LogP contribution in [0.5, 0.6) is 0 Å². The van der Waals surface area contributed by atoms with E-state index in [9.17, 15) is 8.42 Å². The summed E-state index contributed by atoms with van der Waals surface area (Å²) in [5.74, 6) is 0.674. The van der Waals surface area contributed by atoms with E-state index >= 15 is 0 Å². The van der Waals surface area contributed by atoms with Crippen molar-refractivity contribution in [1.29, 1.82) is 0 Å². The van der Waals surface area contributed by atoms with E-state index in [0.717, 1.165) is 11.3 Å². The summed E-state index contributed by atoms with van der Waals surface area (Å²) in [6.45, 7) is 2.45. The Morgan fingerprint density at radius 2 is 2.11 bits per heavy atom. The van der Waals surface area contributed by atoms with Crippen LogP contribution in [0.3, 0.4) is 0 Å². The molecule has 3 rings (SSSR count). The molecule has 0 unspecified atom stereocenters. The van der Waals surface area contributed by atoms with Crippen molar-refractivity contribution in [3.8, 4) is 0 Å². The normalized spacial score (nSPS) is 15.7. The fourth-order valence-corrected chi connectivity index (χ4v) is 3.53. The number of rotatable bonds is 2. The molecule has 0 amide bonds. The van der Waals surface area contributed by atoms with Gasteiger partial charge >= 0.3 is 0 Å². The molecule has 0 spiro atoms. The number of nitrogens with zero attached hydrogens (tertiary/aromatic N) is 4. The van der Waals surface area contributed by atoms with E-state index in [2.05, 4.69) is 9.97 Å². The number of pyridine rings is 1. The van der Waals surface area contributed by atoms with Crippen molar-refractivity contribution in [1.82, 2.24) is 18.8 Å². The van der Waals surface area contributed by atoms with Gasteiger partial charge in [0.1, 0.15) is 5.82 Å². The molecule has 19 heavy (non-hydrogen) atoms. The molecule has 6 nitrogen and oxygen atoms in total. The van der Waals surface area contributed by atoms with Gasteiger partial charge in [-0.15, -0.1) is 0 Å². The molecule has 100 valence electrons. The average molecular weight is 278 g/mol. The molecule has 0 saturated heterocycles. The van der Waals surface area contributed by atoms with Crippen LogP contribution in [-0.2, 0) is 30.2 Å². The first-order valence-electron chi connectivity index (χ1n) is 5.91. The van der Waals surface area contributed by atoms with Crippen molar-refractivity contribution in [3.63, 3.8) is 0 Å². The number of fused-ring (bicyclic) bond motifs is 1. The molecule has 2 aromatic heterocycles. The molecule has 0 aromatic carbocycles. The Morgan fingerprint density at radius 1 is 1.32 bits per heavy atom. The van der Waals surface area contributed by atoms with Crippen molar-refractivity contribution in [3.05, 3.63) is 41.6 Å². The monoisotopic (exact) mass is 278 g/mol. The SMILES string of the molecule is Cc1nc(S(=O)(=O)N2Cc3cccnc3C2)cn1C. The molecule has 0 N–H and O–H groups in total. The van der Waals surface area contributed by atoms with Gasteiger partial charge in [-0.2, -0.15) is 4.31 Å². The van der Waals surface area contributed by atoms with Crippen LogP contribution >= 0.6 is 0 Å². The number of aromatic nitrogens is 3. The van der Waals surface area contributed by atoms with Crippen LogP contribution < -0.4 is 0 Å². The Bertz CT molecular complexity index is 691. The second kappa shape index (κ2) is 4.14. The Labute approximate surface area is 111 Å². The Morgan fingerprint density at radius 3 is 2.74 bits per heavy atom. The third-order valence-corrected chi connectivity index (χ3v) is 5.01. The molecule has 7 heteroatoms. The highest BCUT2D eigenvalue weighted by molar-refractivity contribution is 7.89. The quantitative estimate of drug-likeness (QED) is 0.816. The van der Waals surface area contributed by atoms with E-state index in [-0.39, 0.29) is 5.03 Å². The van der Waals surface area contributed by atoms with Gasteiger partial charge in [-0.05, 0) is 18.6 Å². The molecule has 0 bridgehead atoms. The van der Waals surface area contributed by atoms with E-state index < -0.39 is 10.0 Å². The number of sulfonamides is 1. The summed E-state index contributed by atoms with van der Waals surface area (Å²) in [5, 5.41) is 0.0975. The standard InChI is InChI=1S/C12H14N4O2S/c1-9-14-12(8-15(9)2)19(17,18)16-6-10-4-3-5-13-11(10)7-16/h3-5,8H,6-7H2,1-2H3. The summed E-state index contributed by atoms with van der Waals surface area (Å²) in [5.41, 5.74) is 1.78. The lowest BCUT2D eigenvalue weighted by Crippen LogP contribution is -2.26. The van der Waals surface area contributed by atoms with Crippen LogP contribution in [0.25, 0.3) is 0 Å². The minimum atomic E-state index is -3.55. The largest absolute Gasteiger partial charge is 0.337 e. The number of hydrogen-bond acceptors (Lipinski definition) is 4. The summed E-state index contributed by atoms with van der Waals surface area (Å²) in [6, 6.07) is 3.72. The van der Waals surface area contributed by atoms with Crippen molar-refractivity contribution < 1.29 is 8.42 Å². The van der Waals surface area contributed by atoms with Crippen LogP contribution in [0.1, 0.15) is 17.1 Å². The third-order valence-electron chi connectivity index (χ3n) is 3.35. The highest BCUT2D eigenvalue weighted by Crippen LogP contribution is 2.26. The Kier molecular flexibility index (Phi) is 2.68. The fourth-order valence-electron chi connectivity index (χ4n) is 2.12. The van der Waals surface area contributed by atoms with Crippen molar-refractivity contribution in [2.75, 3.05) is 0 Å². The van der Waals surface area contributed by atoms with Gasteiger partial charge in [-0.3, -0.25) is 4.98 Å². The van der Waals surface area contributed by atoms with Gasteiger partial charge < -0.3 is 4.57 Å². The van der Waals surface area contributed by atoms with Gasteiger partial charge in [0.25, 0.3) is 10.0 Å². The van der Waals surface area contributed by atoms with Gasteiger partial charge in [0.15, 0.2) is 5.03 Å². The van der Waals surface area contributed by atoms with Crippen molar-refractivity contribution in [2.24, 2.45) is 7.05 Å². The van der Waals surface area contributed by atoms with E-state index in [1.54, 1.807) is 30.9 Å². The lowest BCUT2D eigenvalue weighted by Gasteiger charge is -2.12. The molecule has 1 aliphatic rings. The molecule has 0 fully saturated rings. The van der Waals surface area contributed by atoms with Crippen LogP contribution in [0, 0.1) is 6.92 Å². The zero-order chi connectivity index (χ0) is 13.6. The van der Waals surface area contributed by atoms with Crippen LogP contribution in [-0.4, -0.2) is 27.3 Å². The van der Waals surface area contributed by atoms with Crippen LogP contribution in [0.2, 0.25) is 0 Å². The lowest BCUT2D eigenvalue weighted by molar-refractivity contribution is 0.427. The minimum Gasteiger partial charge on any atom is -0.337 e. The first-order chi connectivity index (χ1) is 8.98. The molecule has 1 aliphatic heterocycles. The maximum absolute atomic E-state index is 12.5. The summed E-state index contributed by atoms with van der Waals surface area (Å²) < 4.78 is 28.1. The van der Waals surface area contributed by atoms with E-state index in [1.165, 1.54) is 4.31 Å². The van der Waals surface area contributed by atoms with Gasteiger partial charge in [-0.25, -0.2) is 13.4 Å². The fraction of sp³-hybridized carbons (Fsp3) is 0.333. The first kappa shape index (κ1) is 12.3. The maximum atomic E-state index is 12.5. The summed E-state index contributed by atoms with van der Waals surface area (Å²) in [6.07, 6.45) is 3.22. The van der Waals surface area contributed by atoms with Crippen molar-refractivity contribution >= 4 is 10.0 Å². The lowest BCUT2D eigenvalue weighted by atomic mass is 10.2. The Hall–Kier alpha value is -1.73. The van der Waals surface area contributed by atoms with Gasteiger partial charge in [0.2, 0.25) is 0 Å². The topological polar surface area (TPSA) is 68.1 Å². The molecular weight excluding hydrogens is 264 g/mol. The van der Waals surface area contributed by atoms with E-state index in [4.69, 9.17) is 0 Å². The molecule has 0 atom stereocenters. The molecule has 0 aliphatic carbocycles. The highest BCUT2D eigenvalue weighted by Gasteiger charge is 2.32. The van der Waals surface area contributed by atoms with Gasteiger partial charge in [0.05, 0.1) is 12.2 Å². The maximum Gasteiger partial charge on any atom is 0.262 e. The van der Waals surface area contributed by atoms with Crippen LogP contribution in [0.4, 0.5) is 0 Å². The van der Waals surface area contributed by atoms with Gasteiger partial charge in [0, 0.05) is 26.0 Å². The third kappa shape index (κ3) is 1.95. The summed E-state index contributed by atoms with van der Waals surface area (Å²) >= 11 is 0. The van der Waals surface area contributed by atoms with Gasteiger partial charge in [-0.1, -0.05) is 6.07 Å². The number of hydrogen-bond donors (Lipinski definition) is 0. The minimum absolute atomic E-state index is 0.0975. The second-order valence-electron chi connectivity index (χ2n) is 4.62. The molecule has 3 heterocycles. The highest BCUT2D eigenvalue weighted by atomic mass is 32.2. The molecule has 0 saturated carbocycles. The predicted molar refractivity (Wildman–Crippen MR) is 68.6 cm³/mol.